The molecule has 1 saturated carbocycles. The van der Waals surface area contributed by atoms with Crippen LogP contribution in [0.15, 0.2) is 59.5 Å². The molecule has 0 bridgehead atoms. The highest BCUT2D eigenvalue weighted by atomic mass is 32.2. The second-order valence-electron chi connectivity index (χ2n) is 5.47. The van der Waals surface area contributed by atoms with Crippen LogP contribution in [0.1, 0.15) is 22.3 Å². The van der Waals surface area contributed by atoms with Gasteiger partial charge in [0.25, 0.3) is 0 Å². The second kappa shape index (κ2) is 5.11. The molecule has 1 aliphatic rings. The van der Waals surface area contributed by atoms with Crippen LogP contribution in [0.4, 0.5) is 0 Å². The lowest BCUT2D eigenvalue weighted by Crippen LogP contribution is -2.14. The Labute approximate surface area is 124 Å². The molecule has 0 saturated heterocycles. The molecule has 0 amide bonds. The molecule has 1 fully saturated rings. The highest BCUT2D eigenvalue weighted by Crippen LogP contribution is 2.42. The molecular formula is C17H16O3S. The molecule has 0 N–H and O–H groups in total. The Morgan fingerprint density at radius 1 is 1.00 bits per heavy atom. The summed E-state index contributed by atoms with van der Waals surface area (Å²) in [5, 5.41) is -0.576. The van der Waals surface area contributed by atoms with Crippen LogP contribution in [-0.4, -0.2) is 19.5 Å². The van der Waals surface area contributed by atoms with E-state index in [-0.39, 0.29) is 5.78 Å². The lowest BCUT2D eigenvalue weighted by atomic mass is 10.1. The molecule has 0 radical (unpaired) electrons. The van der Waals surface area contributed by atoms with Crippen molar-refractivity contribution in [1.29, 1.82) is 0 Å². The minimum Gasteiger partial charge on any atom is -0.294 e. The van der Waals surface area contributed by atoms with Crippen LogP contribution >= 0.6 is 0 Å². The van der Waals surface area contributed by atoms with Gasteiger partial charge in [-0.05, 0) is 25.5 Å². The Bertz CT molecular complexity index is 761. The second-order valence-corrected chi connectivity index (χ2v) is 7.64. The number of carbonyl (C=O) groups is 1. The van der Waals surface area contributed by atoms with Crippen molar-refractivity contribution in [2.24, 2.45) is 5.92 Å². The maximum Gasteiger partial charge on any atom is 0.181 e. The molecule has 108 valence electrons. The zero-order valence-electron chi connectivity index (χ0n) is 11.7. The minimum atomic E-state index is -3.41. The van der Waals surface area contributed by atoms with Crippen molar-refractivity contribution in [2.45, 2.75) is 23.5 Å². The summed E-state index contributed by atoms with van der Waals surface area (Å²) >= 11 is 0. The molecule has 3 nitrogen and oxygen atoms in total. The van der Waals surface area contributed by atoms with E-state index in [1.165, 1.54) is 0 Å². The summed E-state index contributed by atoms with van der Waals surface area (Å²) in [6.07, 6.45) is 0.421. The van der Waals surface area contributed by atoms with Gasteiger partial charge in [0.15, 0.2) is 15.6 Å². The van der Waals surface area contributed by atoms with Crippen LogP contribution < -0.4 is 0 Å². The Hall–Kier alpha value is -1.94. The average molecular weight is 300 g/mol. The molecule has 0 spiro atoms. The topological polar surface area (TPSA) is 51.2 Å². The summed E-state index contributed by atoms with van der Waals surface area (Å²) in [6, 6.07) is 15.7. The van der Waals surface area contributed by atoms with Gasteiger partial charge in [-0.2, -0.15) is 0 Å². The smallest absolute Gasteiger partial charge is 0.181 e. The van der Waals surface area contributed by atoms with Gasteiger partial charge in [-0.3, -0.25) is 4.79 Å². The van der Waals surface area contributed by atoms with E-state index in [1.807, 2.05) is 13.0 Å². The fourth-order valence-electron chi connectivity index (χ4n) is 2.51. The molecule has 0 aromatic heterocycles. The normalized spacial score (nSPS) is 21.0. The Balaban J connectivity index is 1.81. The Kier molecular flexibility index (Phi) is 3.41. The van der Waals surface area contributed by atoms with E-state index >= 15 is 0 Å². The van der Waals surface area contributed by atoms with E-state index in [4.69, 9.17) is 0 Å². The fraction of sp³-hybridized carbons (Fsp3) is 0.235. The number of aryl methyl sites for hydroxylation is 1. The monoisotopic (exact) mass is 300 g/mol. The molecule has 3 rings (SSSR count). The number of hydrogen-bond acceptors (Lipinski definition) is 3. The van der Waals surface area contributed by atoms with Crippen molar-refractivity contribution in [3.63, 3.8) is 0 Å². The molecular weight excluding hydrogens is 284 g/mol. The summed E-state index contributed by atoms with van der Waals surface area (Å²) in [5.41, 5.74) is 1.60. The zero-order chi connectivity index (χ0) is 15.0. The van der Waals surface area contributed by atoms with Crippen LogP contribution in [0.3, 0.4) is 0 Å². The SMILES string of the molecule is Cc1ccc(S(=O)(=O)[C@@H]2C[C@H]2C(=O)c2ccccc2)cc1. The van der Waals surface area contributed by atoms with E-state index < -0.39 is 21.0 Å². The first-order valence-corrected chi connectivity index (χ1v) is 8.44. The van der Waals surface area contributed by atoms with Crippen molar-refractivity contribution in [1.82, 2.24) is 0 Å². The summed E-state index contributed by atoms with van der Waals surface area (Å²) in [6.45, 7) is 1.91. The van der Waals surface area contributed by atoms with E-state index in [1.54, 1.807) is 48.5 Å². The summed E-state index contributed by atoms with van der Waals surface area (Å²) in [4.78, 5) is 12.6. The van der Waals surface area contributed by atoms with Crippen LogP contribution in [0.2, 0.25) is 0 Å². The Morgan fingerprint density at radius 2 is 1.62 bits per heavy atom. The van der Waals surface area contributed by atoms with Crippen LogP contribution in [-0.2, 0) is 9.84 Å². The van der Waals surface area contributed by atoms with Gasteiger partial charge in [0.2, 0.25) is 0 Å². The number of benzene rings is 2. The highest BCUT2D eigenvalue weighted by Gasteiger charge is 2.51. The molecule has 2 aromatic rings. The van der Waals surface area contributed by atoms with Gasteiger partial charge in [-0.1, -0.05) is 48.0 Å². The first-order chi connectivity index (χ1) is 10.00. The number of rotatable bonds is 4. The lowest BCUT2D eigenvalue weighted by Gasteiger charge is -2.04. The first-order valence-electron chi connectivity index (χ1n) is 6.90. The van der Waals surface area contributed by atoms with Gasteiger partial charge in [0.1, 0.15) is 0 Å². The van der Waals surface area contributed by atoms with Gasteiger partial charge >= 0.3 is 0 Å². The van der Waals surface area contributed by atoms with Gasteiger partial charge in [-0.15, -0.1) is 0 Å². The van der Waals surface area contributed by atoms with Crippen LogP contribution in [0.25, 0.3) is 0 Å². The summed E-state index contributed by atoms with van der Waals surface area (Å²) < 4.78 is 25.0. The first kappa shape index (κ1) is 14.0. The van der Waals surface area contributed by atoms with Gasteiger partial charge < -0.3 is 0 Å². The third kappa shape index (κ3) is 2.63. The van der Waals surface area contributed by atoms with Crippen molar-refractivity contribution >= 4 is 15.6 Å². The van der Waals surface area contributed by atoms with Gasteiger partial charge in [-0.25, -0.2) is 8.42 Å². The highest BCUT2D eigenvalue weighted by molar-refractivity contribution is 7.92. The van der Waals surface area contributed by atoms with Crippen LogP contribution in [0, 0.1) is 12.8 Å². The minimum absolute atomic E-state index is 0.0729. The number of Topliss-reactive ketones (excluding diaryl/α,β-unsaturated/α-hetero) is 1. The number of ketones is 1. The predicted octanol–water partition coefficient (Wildman–Crippen LogP) is 3.04. The summed E-state index contributed by atoms with van der Waals surface area (Å²) in [5.74, 6) is -0.477. The average Bonchev–Trinajstić information content (AvgIpc) is 3.29. The molecule has 4 heteroatoms. The lowest BCUT2D eigenvalue weighted by molar-refractivity contribution is 0.0968. The van der Waals surface area contributed by atoms with Crippen molar-refractivity contribution < 1.29 is 13.2 Å². The molecule has 0 aliphatic heterocycles. The third-order valence-electron chi connectivity index (χ3n) is 3.88. The van der Waals surface area contributed by atoms with E-state index in [0.29, 0.717) is 16.9 Å². The van der Waals surface area contributed by atoms with Gasteiger partial charge in [0, 0.05) is 11.5 Å². The third-order valence-corrected chi connectivity index (χ3v) is 6.12. The quantitative estimate of drug-likeness (QED) is 0.816. The number of sulfone groups is 1. The maximum absolute atomic E-state index is 12.5. The molecule has 0 heterocycles. The number of carbonyl (C=O) groups excluding carboxylic acids is 1. The van der Waals surface area contributed by atoms with Crippen molar-refractivity contribution in [2.75, 3.05) is 0 Å². The largest absolute Gasteiger partial charge is 0.294 e. The van der Waals surface area contributed by atoms with E-state index in [0.717, 1.165) is 5.56 Å². The zero-order valence-corrected chi connectivity index (χ0v) is 12.5. The van der Waals surface area contributed by atoms with E-state index in [9.17, 15) is 13.2 Å². The molecule has 2 atom stereocenters. The molecule has 0 unspecified atom stereocenters. The van der Waals surface area contributed by atoms with Crippen molar-refractivity contribution in [3.05, 3.63) is 65.7 Å². The maximum atomic E-state index is 12.5. The standard InChI is InChI=1S/C17H16O3S/c1-12-7-9-14(10-8-12)21(19,20)16-11-15(16)17(18)13-5-3-2-4-6-13/h2-10,15-16H,11H2,1H3/t15-,16-/m1/s1. The molecule has 1 aliphatic carbocycles. The molecule has 2 aromatic carbocycles. The van der Waals surface area contributed by atoms with Crippen molar-refractivity contribution in [3.8, 4) is 0 Å². The number of hydrogen-bond donors (Lipinski definition) is 0. The predicted molar refractivity (Wildman–Crippen MR) is 81.0 cm³/mol. The van der Waals surface area contributed by atoms with Crippen LogP contribution in [0.5, 0.6) is 0 Å². The van der Waals surface area contributed by atoms with Gasteiger partial charge in [0.05, 0.1) is 10.1 Å². The molecule has 21 heavy (non-hydrogen) atoms. The Morgan fingerprint density at radius 3 is 2.24 bits per heavy atom. The van der Waals surface area contributed by atoms with E-state index in [2.05, 4.69) is 0 Å². The summed E-state index contributed by atoms with van der Waals surface area (Å²) in [7, 11) is -3.41. The fourth-order valence-corrected chi connectivity index (χ4v) is 4.39.